The van der Waals surface area contributed by atoms with Crippen molar-refractivity contribution in [2.24, 2.45) is 11.8 Å². The van der Waals surface area contributed by atoms with Gasteiger partial charge < -0.3 is 5.32 Å². The first-order chi connectivity index (χ1) is 19.6. The van der Waals surface area contributed by atoms with Crippen molar-refractivity contribution in [3.63, 3.8) is 0 Å². The highest BCUT2D eigenvalue weighted by atomic mass is 14.9. The third kappa shape index (κ3) is 4.90. The summed E-state index contributed by atoms with van der Waals surface area (Å²) >= 11 is 0. The number of hydrogen-bond donors (Lipinski definition) is 1. The van der Waals surface area contributed by atoms with Gasteiger partial charge in [0.25, 0.3) is 0 Å². The molecule has 1 N–H and O–H groups in total. The molecule has 0 radical (unpaired) electrons. The monoisotopic (exact) mass is 517 g/mol. The fraction of sp³-hybridized carbons (Fsp3) is 0.0811. The Bertz CT molecular complexity index is 1880. The average molecular weight is 518 g/mol. The first-order valence-electron chi connectivity index (χ1n) is 13.6. The van der Waals surface area contributed by atoms with Crippen LogP contribution < -0.4 is 15.8 Å². The van der Waals surface area contributed by atoms with Crippen molar-refractivity contribution >= 4 is 34.3 Å². The lowest BCUT2D eigenvalue weighted by Gasteiger charge is -2.25. The number of nitrogens with zero attached hydrogens (tertiary/aromatic N) is 2. The van der Waals surface area contributed by atoms with E-state index < -0.39 is 0 Å². The lowest BCUT2D eigenvalue weighted by molar-refractivity contribution is 0.621. The molecule has 2 aromatic carbocycles. The van der Waals surface area contributed by atoms with E-state index in [0.29, 0.717) is 0 Å². The number of benzene rings is 2. The Kier molecular flexibility index (Phi) is 6.95. The Morgan fingerprint density at radius 2 is 1.80 bits per heavy atom. The van der Waals surface area contributed by atoms with E-state index in [1.54, 1.807) is 0 Å². The van der Waals surface area contributed by atoms with Crippen LogP contribution in [0.3, 0.4) is 0 Å². The van der Waals surface area contributed by atoms with Gasteiger partial charge in [0.2, 0.25) is 0 Å². The first kappa shape index (κ1) is 25.3. The molecule has 4 aromatic rings. The van der Waals surface area contributed by atoms with Crippen molar-refractivity contribution in [1.29, 1.82) is 0 Å². The standard InChI is InChI=1S/C37H31N3/c1-4-5-12-27-13-8-17-32(26(27)3)35-22-30(29-19-20-34(39-24-29)31-16-7-6-11-25(31)2)23-36(40-35)33-18-9-14-28-15-10-21-38-37(28)33/h4-24,26-27,39H,1-2H2,3H3/b12-5-,34-31-. The van der Waals surface area contributed by atoms with Crippen LogP contribution in [0.1, 0.15) is 18.2 Å². The molecule has 3 heteroatoms. The van der Waals surface area contributed by atoms with Crippen molar-refractivity contribution < 1.29 is 0 Å². The van der Waals surface area contributed by atoms with Gasteiger partial charge in [0.15, 0.2) is 0 Å². The Labute approximate surface area is 235 Å². The fourth-order valence-electron chi connectivity index (χ4n) is 5.42. The predicted molar refractivity (Wildman–Crippen MR) is 169 cm³/mol. The number of rotatable bonds is 5. The van der Waals surface area contributed by atoms with Gasteiger partial charge >= 0.3 is 0 Å². The van der Waals surface area contributed by atoms with Crippen LogP contribution in [0, 0.1) is 11.8 Å². The number of para-hydroxylation sites is 1. The number of dihydropyridines is 1. The average Bonchev–Trinajstić information content (AvgIpc) is 3.00. The van der Waals surface area contributed by atoms with E-state index in [4.69, 9.17) is 9.97 Å². The second-order valence-electron chi connectivity index (χ2n) is 10.1. The molecular formula is C37H31N3. The fourth-order valence-corrected chi connectivity index (χ4v) is 5.42. The molecule has 194 valence electrons. The number of allylic oxidation sites excluding steroid dienone is 9. The number of pyridine rings is 2. The summed E-state index contributed by atoms with van der Waals surface area (Å²) in [6, 6.07) is 22.9. The van der Waals surface area contributed by atoms with Crippen LogP contribution in [0.4, 0.5) is 0 Å². The smallest absolute Gasteiger partial charge is 0.0795 e. The maximum absolute atomic E-state index is 5.24. The highest BCUT2D eigenvalue weighted by Crippen LogP contribution is 2.37. The maximum atomic E-state index is 5.24. The summed E-state index contributed by atoms with van der Waals surface area (Å²) in [7, 11) is 0. The molecule has 0 amide bonds. The zero-order valence-corrected chi connectivity index (χ0v) is 22.6. The van der Waals surface area contributed by atoms with Crippen LogP contribution in [-0.2, 0) is 0 Å². The minimum Gasteiger partial charge on any atom is -0.361 e. The molecule has 6 rings (SSSR count). The molecule has 0 saturated carbocycles. The topological polar surface area (TPSA) is 37.8 Å². The molecule has 1 aliphatic heterocycles. The Morgan fingerprint density at radius 1 is 0.950 bits per heavy atom. The van der Waals surface area contributed by atoms with Gasteiger partial charge in [0.05, 0.1) is 16.9 Å². The molecule has 0 fully saturated rings. The van der Waals surface area contributed by atoms with E-state index in [1.807, 2.05) is 42.6 Å². The van der Waals surface area contributed by atoms with Crippen molar-refractivity contribution in [3.8, 4) is 11.3 Å². The van der Waals surface area contributed by atoms with Crippen LogP contribution in [0.25, 0.3) is 45.6 Å². The van der Waals surface area contributed by atoms with Gasteiger partial charge in [-0.1, -0.05) is 111 Å². The SMILES string of the molecule is C=C/C=C\C1C=CC=C(c2cc(C3=CN/C(=c4/ccccc4=C)C=C3)cc(-c3cccc4cccnc34)n2)C1C. The molecule has 2 aromatic heterocycles. The molecular weight excluding hydrogens is 486 g/mol. The number of aromatic nitrogens is 2. The third-order valence-electron chi connectivity index (χ3n) is 7.63. The maximum Gasteiger partial charge on any atom is 0.0795 e. The predicted octanol–water partition coefficient (Wildman–Crippen LogP) is 6.96. The van der Waals surface area contributed by atoms with Gasteiger partial charge in [-0.25, -0.2) is 4.98 Å². The molecule has 3 nitrogen and oxygen atoms in total. The molecule has 40 heavy (non-hydrogen) atoms. The van der Waals surface area contributed by atoms with Crippen LogP contribution in [0.15, 0.2) is 134 Å². The van der Waals surface area contributed by atoms with E-state index in [9.17, 15) is 0 Å². The van der Waals surface area contributed by atoms with Gasteiger partial charge in [0.1, 0.15) is 0 Å². The Hall–Kier alpha value is -5.02. The summed E-state index contributed by atoms with van der Waals surface area (Å²) in [5, 5.41) is 6.69. The van der Waals surface area contributed by atoms with Gasteiger partial charge in [-0.15, -0.1) is 0 Å². The highest BCUT2D eigenvalue weighted by molar-refractivity contribution is 5.94. The second-order valence-corrected chi connectivity index (χ2v) is 10.1. The van der Waals surface area contributed by atoms with Crippen LogP contribution in [0.2, 0.25) is 0 Å². The van der Waals surface area contributed by atoms with E-state index in [-0.39, 0.29) is 11.8 Å². The number of nitrogens with one attached hydrogen (secondary N) is 1. The summed E-state index contributed by atoms with van der Waals surface area (Å²) in [5.74, 6) is 0.548. The molecule has 2 aliphatic rings. The Balaban J connectivity index is 1.48. The molecule has 2 atom stereocenters. The van der Waals surface area contributed by atoms with Crippen molar-refractivity contribution in [3.05, 3.63) is 156 Å². The van der Waals surface area contributed by atoms with E-state index in [0.717, 1.165) is 55.1 Å². The van der Waals surface area contributed by atoms with Crippen molar-refractivity contribution in [1.82, 2.24) is 15.3 Å². The van der Waals surface area contributed by atoms with Crippen molar-refractivity contribution in [2.45, 2.75) is 6.92 Å². The zero-order valence-electron chi connectivity index (χ0n) is 22.6. The lowest BCUT2D eigenvalue weighted by Crippen LogP contribution is -2.29. The highest BCUT2D eigenvalue weighted by Gasteiger charge is 2.23. The van der Waals surface area contributed by atoms with Crippen LogP contribution in [-0.4, -0.2) is 9.97 Å². The van der Waals surface area contributed by atoms with Gasteiger partial charge in [-0.3, -0.25) is 4.98 Å². The molecule has 0 saturated heterocycles. The summed E-state index contributed by atoms with van der Waals surface area (Å²) < 4.78 is 0. The molecule has 0 spiro atoms. The number of fused-ring (bicyclic) bond motifs is 1. The molecule has 0 bridgehead atoms. The summed E-state index contributed by atoms with van der Waals surface area (Å²) in [5.41, 5.74) is 8.29. The molecule has 2 unspecified atom stereocenters. The number of hydrogen-bond acceptors (Lipinski definition) is 3. The lowest BCUT2D eigenvalue weighted by atomic mass is 9.81. The summed E-state index contributed by atoms with van der Waals surface area (Å²) in [4.78, 5) is 9.96. The minimum absolute atomic E-state index is 0.268. The van der Waals surface area contributed by atoms with Gasteiger partial charge in [0, 0.05) is 40.2 Å². The third-order valence-corrected chi connectivity index (χ3v) is 7.63. The quantitative estimate of drug-likeness (QED) is 0.291. The minimum atomic E-state index is 0.268. The summed E-state index contributed by atoms with van der Waals surface area (Å²) in [6.45, 7) is 10.3. The zero-order chi connectivity index (χ0) is 27.5. The second kappa shape index (κ2) is 11.0. The largest absolute Gasteiger partial charge is 0.361 e. The Morgan fingerprint density at radius 3 is 2.62 bits per heavy atom. The summed E-state index contributed by atoms with van der Waals surface area (Å²) in [6.07, 6.45) is 20.8. The first-order valence-corrected chi connectivity index (χ1v) is 13.6. The van der Waals surface area contributed by atoms with Gasteiger partial charge in [-0.2, -0.15) is 0 Å². The van der Waals surface area contributed by atoms with Crippen LogP contribution >= 0.6 is 0 Å². The molecule has 1 aliphatic carbocycles. The van der Waals surface area contributed by atoms with Gasteiger partial charge in [-0.05, 0) is 52.1 Å². The van der Waals surface area contributed by atoms with E-state index >= 15 is 0 Å². The van der Waals surface area contributed by atoms with Crippen LogP contribution in [0.5, 0.6) is 0 Å². The normalized spacial score (nSPS) is 19.8. The van der Waals surface area contributed by atoms with E-state index in [1.165, 1.54) is 5.57 Å². The van der Waals surface area contributed by atoms with E-state index in [2.05, 4.69) is 111 Å². The van der Waals surface area contributed by atoms with Crippen molar-refractivity contribution in [2.75, 3.05) is 0 Å². The molecule has 3 heterocycles.